The zero-order valence-corrected chi connectivity index (χ0v) is 11.9. The normalized spacial score (nSPS) is 10.2. The highest BCUT2D eigenvalue weighted by Crippen LogP contribution is 2.27. The number of halogens is 2. The summed E-state index contributed by atoms with van der Waals surface area (Å²) in [5.41, 5.74) is 0. The minimum atomic E-state index is -0.142. The molecule has 0 aliphatic heterocycles. The zero-order chi connectivity index (χ0) is 13.4. The number of amides is 1. The molecule has 0 heterocycles. The van der Waals surface area contributed by atoms with E-state index in [1.165, 1.54) is 0 Å². The number of ether oxygens (including phenoxy) is 1. The van der Waals surface area contributed by atoms with E-state index in [4.69, 9.17) is 27.9 Å². The first-order valence-electron chi connectivity index (χ1n) is 5.98. The highest BCUT2D eigenvalue weighted by molar-refractivity contribution is 6.35. The van der Waals surface area contributed by atoms with Crippen LogP contribution in [-0.2, 0) is 4.79 Å². The summed E-state index contributed by atoms with van der Waals surface area (Å²) >= 11 is 11.7. The fourth-order valence-corrected chi connectivity index (χ4v) is 1.85. The summed E-state index contributed by atoms with van der Waals surface area (Å²) in [7, 11) is 0. The van der Waals surface area contributed by atoms with Gasteiger partial charge in [0.15, 0.2) is 6.61 Å². The largest absolute Gasteiger partial charge is 0.482 e. The van der Waals surface area contributed by atoms with Gasteiger partial charge in [0.05, 0.1) is 5.02 Å². The molecule has 1 N–H and O–H groups in total. The van der Waals surface area contributed by atoms with E-state index >= 15 is 0 Å². The van der Waals surface area contributed by atoms with E-state index in [1.54, 1.807) is 18.2 Å². The van der Waals surface area contributed by atoms with Gasteiger partial charge in [-0.1, -0.05) is 43.0 Å². The van der Waals surface area contributed by atoms with Gasteiger partial charge in [-0.25, -0.2) is 0 Å². The van der Waals surface area contributed by atoms with Crippen LogP contribution in [0.4, 0.5) is 0 Å². The number of unbranched alkanes of at least 4 members (excludes halogenated alkanes) is 2. The van der Waals surface area contributed by atoms with Gasteiger partial charge in [-0.15, -0.1) is 0 Å². The zero-order valence-electron chi connectivity index (χ0n) is 10.3. The first-order valence-corrected chi connectivity index (χ1v) is 6.73. The monoisotopic (exact) mass is 289 g/mol. The number of hydrogen-bond acceptors (Lipinski definition) is 2. The molecule has 1 aromatic carbocycles. The van der Waals surface area contributed by atoms with Crippen LogP contribution < -0.4 is 10.1 Å². The average molecular weight is 290 g/mol. The Labute approximate surface area is 117 Å². The van der Waals surface area contributed by atoms with Crippen LogP contribution in [0.15, 0.2) is 18.2 Å². The molecule has 0 saturated heterocycles. The number of carbonyl (C=O) groups excluding carboxylic acids is 1. The maximum absolute atomic E-state index is 11.5. The lowest BCUT2D eigenvalue weighted by Crippen LogP contribution is -2.29. The maximum Gasteiger partial charge on any atom is 0.257 e. The Hall–Kier alpha value is -0.930. The second-order valence-corrected chi connectivity index (χ2v) is 4.76. The molecule has 0 spiro atoms. The molecule has 5 heteroatoms. The van der Waals surface area contributed by atoms with E-state index in [1.807, 2.05) is 0 Å². The summed E-state index contributed by atoms with van der Waals surface area (Å²) in [5.74, 6) is 0.321. The SMILES string of the molecule is CCCCCNC(=O)COc1ccc(Cl)cc1Cl. The van der Waals surface area contributed by atoms with E-state index in [-0.39, 0.29) is 12.5 Å². The lowest BCUT2D eigenvalue weighted by molar-refractivity contribution is -0.123. The van der Waals surface area contributed by atoms with Gasteiger partial charge < -0.3 is 10.1 Å². The van der Waals surface area contributed by atoms with E-state index in [0.29, 0.717) is 22.3 Å². The van der Waals surface area contributed by atoms with Crippen LogP contribution in [0.2, 0.25) is 10.0 Å². The molecule has 1 aromatic rings. The van der Waals surface area contributed by atoms with Crippen molar-refractivity contribution in [2.45, 2.75) is 26.2 Å². The highest BCUT2D eigenvalue weighted by Gasteiger charge is 2.05. The number of nitrogens with one attached hydrogen (secondary N) is 1. The van der Waals surface area contributed by atoms with Crippen molar-refractivity contribution in [1.82, 2.24) is 5.32 Å². The van der Waals surface area contributed by atoms with Gasteiger partial charge in [0, 0.05) is 11.6 Å². The molecule has 0 saturated carbocycles. The third-order valence-electron chi connectivity index (χ3n) is 2.36. The Balaban J connectivity index is 2.29. The van der Waals surface area contributed by atoms with Gasteiger partial charge in [-0.3, -0.25) is 4.79 Å². The molecule has 0 aliphatic rings. The molecule has 0 atom stereocenters. The van der Waals surface area contributed by atoms with Gasteiger partial charge in [-0.2, -0.15) is 0 Å². The van der Waals surface area contributed by atoms with Crippen LogP contribution in [0, 0.1) is 0 Å². The average Bonchev–Trinajstić information content (AvgIpc) is 2.33. The standard InChI is InChI=1S/C13H17Cl2NO2/c1-2-3-4-7-16-13(17)9-18-12-6-5-10(14)8-11(12)15/h5-6,8H,2-4,7,9H2,1H3,(H,16,17). The Kier molecular flexibility index (Phi) is 6.91. The molecule has 0 aromatic heterocycles. The minimum Gasteiger partial charge on any atom is -0.482 e. The van der Waals surface area contributed by atoms with Crippen molar-refractivity contribution in [2.24, 2.45) is 0 Å². The predicted molar refractivity (Wildman–Crippen MR) is 74.5 cm³/mol. The van der Waals surface area contributed by atoms with Crippen LogP contribution in [0.1, 0.15) is 26.2 Å². The van der Waals surface area contributed by atoms with Crippen molar-refractivity contribution < 1.29 is 9.53 Å². The van der Waals surface area contributed by atoms with Crippen molar-refractivity contribution in [3.05, 3.63) is 28.2 Å². The molecule has 0 aliphatic carbocycles. The van der Waals surface area contributed by atoms with Crippen LogP contribution in [-0.4, -0.2) is 19.1 Å². The topological polar surface area (TPSA) is 38.3 Å². The lowest BCUT2D eigenvalue weighted by Gasteiger charge is -2.08. The highest BCUT2D eigenvalue weighted by atomic mass is 35.5. The van der Waals surface area contributed by atoms with Gasteiger partial charge >= 0.3 is 0 Å². The smallest absolute Gasteiger partial charge is 0.257 e. The summed E-state index contributed by atoms with van der Waals surface area (Å²) < 4.78 is 5.31. The summed E-state index contributed by atoms with van der Waals surface area (Å²) in [4.78, 5) is 11.5. The second-order valence-electron chi connectivity index (χ2n) is 3.92. The van der Waals surface area contributed by atoms with Crippen LogP contribution in [0.5, 0.6) is 5.75 Å². The van der Waals surface area contributed by atoms with E-state index in [0.717, 1.165) is 19.3 Å². The maximum atomic E-state index is 11.5. The molecule has 18 heavy (non-hydrogen) atoms. The van der Waals surface area contributed by atoms with Gasteiger partial charge in [-0.05, 0) is 24.6 Å². The summed E-state index contributed by atoms with van der Waals surface area (Å²) in [6, 6.07) is 4.90. The molecular weight excluding hydrogens is 273 g/mol. The first kappa shape index (κ1) is 15.1. The molecule has 0 fully saturated rings. The molecular formula is C13H17Cl2NO2. The fourth-order valence-electron chi connectivity index (χ4n) is 1.39. The van der Waals surface area contributed by atoms with Crippen LogP contribution in [0.3, 0.4) is 0 Å². The summed E-state index contributed by atoms with van der Waals surface area (Å²) in [5, 5.41) is 3.73. The molecule has 3 nitrogen and oxygen atoms in total. The van der Waals surface area contributed by atoms with E-state index in [2.05, 4.69) is 12.2 Å². The van der Waals surface area contributed by atoms with Gasteiger partial charge in [0.2, 0.25) is 0 Å². The third kappa shape index (κ3) is 5.61. The third-order valence-corrected chi connectivity index (χ3v) is 2.89. The molecule has 0 radical (unpaired) electrons. The number of carbonyl (C=O) groups is 1. The van der Waals surface area contributed by atoms with Crippen LogP contribution >= 0.6 is 23.2 Å². The van der Waals surface area contributed by atoms with Crippen molar-refractivity contribution in [3.63, 3.8) is 0 Å². The summed E-state index contributed by atoms with van der Waals surface area (Å²) in [6.45, 7) is 2.77. The first-order chi connectivity index (χ1) is 8.63. The Morgan fingerprint density at radius 1 is 1.33 bits per heavy atom. The quantitative estimate of drug-likeness (QED) is 0.778. The second kappa shape index (κ2) is 8.22. The van der Waals surface area contributed by atoms with E-state index in [9.17, 15) is 4.79 Å². The number of hydrogen-bond donors (Lipinski definition) is 1. The molecule has 0 unspecified atom stereocenters. The lowest BCUT2D eigenvalue weighted by atomic mass is 10.2. The fraction of sp³-hybridized carbons (Fsp3) is 0.462. The van der Waals surface area contributed by atoms with Crippen LogP contribution in [0.25, 0.3) is 0 Å². The Bertz CT molecular complexity index is 397. The number of rotatable bonds is 7. The Morgan fingerprint density at radius 2 is 2.11 bits per heavy atom. The number of benzene rings is 1. The molecule has 1 rings (SSSR count). The van der Waals surface area contributed by atoms with Gasteiger partial charge in [0.25, 0.3) is 5.91 Å². The molecule has 1 amide bonds. The minimum absolute atomic E-state index is 0.0342. The van der Waals surface area contributed by atoms with Crippen molar-refractivity contribution in [2.75, 3.05) is 13.2 Å². The van der Waals surface area contributed by atoms with Crippen molar-refractivity contribution in [1.29, 1.82) is 0 Å². The molecule has 100 valence electrons. The van der Waals surface area contributed by atoms with Crippen molar-refractivity contribution >= 4 is 29.1 Å². The molecule has 0 bridgehead atoms. The summed E-state index contributed by atoms with van der Waals surface area (Å²) in [6.07, 6.45) is 3.24. The van der Waals surface area contributed by atoms with Crippen molar-refractivity contribution in [3.8, 4) is 5.75 Å². The van der Waals surface area contributed by atoms with E-state index < -0.39 is 0 Å². The predicted octanol–water partition coefficient (Wildman–Crippen LogP) is 3.68. The van der Waals surface area contributed by atoms with Gasteiger partial charge in [0.1, 0.15) is 5.75 Å². The Morgan fingerprint density at radius 3 is 2.78 bits per heavy atom.